The summed E-state index contributed by atoms with van der Waals surface area (Å²) >= 11 is 6.14. The van der Waals surface area contributed by atoms with Crippen LogP contribution < -0.4 is 15.4 Å². The number of rotatable bonds is 6. The molecule has 1 aliphatic carbocycles. The fraction of sp³-hybridized carbons (Fsp3) is 0.500. The van der Waals surface area contributed by atoms with E-state index in [0.717, 1.165) is 53.6 Å². The van der Waals surface area contributed by atoms with Gasteiger partial charge in [0.15, 0.2) is 5.82 Å². The van der Waals surface area contributed by atoms with E-state index < -0.39 is 0 Å². The van der Waals surface area contributed by atoms with Crippen LogP contribution in [0.25, 0.3) is 0 Å². The van der Waals surface area contributed by atoms with Gasteiger partial charge >= 0.3 is 6.01 Å². The molecule has 1 aromatic carbocycles. The van der Waals surface area contributed by atoms with Crippen LogP contribution in [0.5, 0.6) is 6.01 Å². The number of hydrogen-bond donors (Lipinski definition) is 2. The normalized spacial score (nSPS) is 24.2. The molecule has 2 heterocycles. The molecule has 2 aromatic rings. The number of methoxy groups -OCH3 is 1. The molecule has 160 valence electrons. The van der Waals surface area contributed by atoms with Gasteiger partial charge in [0.2, 0.25) is 0 Å². The van der Waals surface area contributed by atoms with Crippen LogP contribution in [0, 0.1) is 5.92 Å². The van der Waals surface area contributed by atoms with Crippen molar-refractivity contribution in [2.75, 3.05) is 31.0 Å². The third-order valence-corrected chi connectivity index (χ3v) is 6.02. The van der Waals surface area contributed by atoms with Crippen molar-refractivity contribution >= 4 is 28.9 Å². The van der Waals surface area contributed by atoms with Gasteiger partial charge in [-0.1, -0.05) is 30.7 Å². The maximum absolute atomic E-state index is 6.14. The van der Waals surface area contributed by atoms with Gasteiger partial charge in [0.05, 0.1) is 24.9 Å². The van der Waals surface area contributed by atoms with E-state index in [-0.39, 0.29) is 5.54 Å². The molecule has 2 aliphatic rings. The first-order chi connectivity index (χ1) is 14.6. The van der Waals surface area contributed by atoms with E-state index in [4.69, 9.17) is 26.1 Å². The molecule has 1 aromatic heterocycles. The first-order valence-corrected chi connectivity index (χ1v) is 10.8. The lowest BCUT2D eigenvalue weighted by molar-refractivity contribution is 0.141. The van der Waals surface area contributed by atoms with Crippen LogP contribution in [0.2, 0.25) is 5.02 Å². The first-order valence-electron chi connectivity index (χ1n) is 10.4. The van der Waals surface area contributed by atoms with Crippen molar-refractivity contribution in [3.63, 3.8) is 0 Å². The third-order valence-electron chi connectivity index (χ3n) is 5.79. The second-order valence-corrected chi connectivity index (χ2v) is 8.50. The summed E-state index contributed by atoms with van der Waals surface area (Å²) in [6.45, 7) is 3.78. The fourth-order valence-electron chi connectivity index (χ4n) is 3.98. The number of halogens is 1. The summed E-state index contributed by atoms with van der Waals surface area (Å²) in [5.74, 6) is 2.42. The Kier molecular flexibility index (Phi) is 6.39. The fourth-order valence-corrected chi connectivity index (χ4v) is 4.20. The lowest BCUT2D eigenvalue weighted by Gasteiger charge is -2.44. The zero-order valence-electron chi connectivity index (χ0n) is 17.4. The van der Waals surface area contributed by atoms with Crippen LogP contribution in [0.15, 0.2) is 35.5 Å². The smallest absolute Gasteiger partial charge is 0.318 e. The van der Waals surface area contributed by atoms with Gasteiger partial charge in [-0.05, 0) is 49.3 Å². The molecular weight excluding hydrogens is 402 g/mol. The van der Waals surface area contributed by atoms with Crippen molar-refractivity contribution in [3.05, 3.63) is 41.0 Å². The minimum Gasteiger partial charge on any atom is -0.461 e. The zero-order valence-corrected chi connectivity index (χ0v) is 18.2. The highest BCUT2D eigenvalue weighted by Gasteiger charge is 2.43. The number of anilines is 2. The zero-order chi connectivity index (χ0) is 21.0. The number of ether oxygens (including phenoxy) is 2. The van der Waals surface area contributed by atoms with E-state index in [1.807, 2.05) is 24.3 Å². The Morgan fingerprint density at radius 1 is 1.27 bits per heavy atom. The summed E-state index contributed by atoms with van der Waals surface area (Å²) in [6.07, 6.45) is 6.02. The predicted octanol–water partition coefficient (Wildman–Crippen LogP) is 4.54. The van der Waals surface area contributed by atoms with E-state index in [9.17, 15) is 0 Å². The Labute approximate surface area is 182 Å². The molecule has 1 saturated carbocycles. The summed E-state index contributed by atoms with van der Waals surface area (Å²) in [5, 5.41) is 7.91. The number of benzene rings is 1. The summed E-state index contributed by atoms with van der Waals surface area (Å²) in [7, 11) is 1.64. The molecule has 0 radical (unpaired) electrons. The second kappa shape index (κ2) is 9.18. The van der Waals surface area contributed by atoms with E-state index in [1.165, 1.54) is 0 Å². The third kappa shape index (κ3) is 4.68. The summed E-state index contributed by atoms with van der Waals surface area (Å²) in [4.78, 5) is 13.9. The van der Waals surface area contributed by atoms with Crippen LogP contribution in [-0.4, -0.2) is 41.7 Å². The summed E-state index contributed by atoms with van der Waals surface area (Å²) in [6, 6.07) is 8.18. The Hall–Kier alpha value is -2.38. The number of nitrogens with one attached hydrogen (secondary N) is 2. The number of nitrogens with zero attached hydrogens (tertiary/aromatic N) is 3. The van der Waals surface area contributed by atoms with E-state index in [2.05, 4.69) is 27.5 Å². The number of hydrogen-bond acceptors (Lipinski definition) is 6. The van der Waals surface area contributed by atoms with E-state index in [1.54, 1.807) is 13.3 Å². The standard InChI is InChI=1S/C22H28ClN5O2/c1-15-6-8-22(9-7-15)20(24-13-16-4-3-5-17(23)12-16)26-18-14-25-21(27-19(18)28-22)30-11-10-29-2/h3-5,12,14-15H,6-11,13H2,1-2H3,(H,24,26)(H,25,27,28). The van der Waals surface area contributed by atoms with Crippen molar-refractivity contribution in [3.8, 4) is 6.01 Å². The quantitative estimate of drug-likeness (QED) is 0.656. The van der Waals surface area contributed by atoms with Gasteiger partial charge in [-0.15, -0.1) is 0 Å². The van der Waals surface area contributed by atoms with Crippen molar-refractivity contribution < 1.29 is 9.47 Å². The molecule has 1 spiro atoms. The maximum Gasteiger partial charge on any atom is 0.318 e. The SMILES string of the molecule is COCCOc1ncc2c(n1)NC1(CCC(C)CC1)C(=NCc1cccc(Cl)c1)N2. The van der Waals surface area contributed by atoms with Crippen LogP contribution in [0.1, 0.15) is 38.2 Å². The minimum atomic E-state index is -0.254. The molecule has 0 saturated heterocycles. The Bertz CT molecular complexity index is 912. The Balaban J connectivity index is 1.60. The summed E-state index contributed by atoms with van der Waals surface area (Å²) in [5.41, 5.74) is 1.64. The second-order valence-electron chi connectivity index (χ2n) is 8.07. The Morgan fingerprint density at radius 2 is 2.10 bits per heavy atom. The van der Waals surface area contributed by atoms with Crippen molar-refractivity contribution in [2.24, 2.45) is 10.9 Å². The molecule has 4 rings (SSSR count). The van der Waals surface area contributed by atoms with Crippen LogP contribution in [-0.2, 0) is 11.3 Å². The molecule has 0 amide bonds. The number of amidine groups is 1. The van der Waals surface area contributed by atoms with E-state index in [0.29, 0.717) is 31.7 Å². The van der Waals surface area contributed by atoms with Gasteiger partial charge in [-0.2, -0.15) is 4.98 Å². The summed E-state index contributed by atoms with van der Waals surface area (Å²) < 4.78 is 10.6. The first kappa shape index (κ1) is 20.9. The molecule has 30 heavy (non-hydrogen) atoms. The molecule has 0 unspecified atom stereocenters. The number of aliphatic imine (C=N–C) groups is 1. The maximum atomic E-state index is 6.14. The van der Waals surface area contributed by atoms with Gasteiger partial charge in [0.25, 0.3) is 0 Å². The highest BCUT2D eigenvalue weighted by atomic mass is 35.5. The van der Waals surface area contributed by atoms with Crippen molar-refractivity contribution in [2.45, 2.75) is 44.7 Å². The lowest BCUT2D eigenvalue weighted by Crippen LogP contribution is -2.54. The van der Waals surface area contributed by atoms with Crippen LogP contribution in [0.3, 0.4) is 0 Å². The molecule has 8 heteroatoms. The molecule has 2 N–H and O–H groups in total. The van der Waals surface area contributed by atoms with Crippen LogP contribution in [0.4, 0.5) is 11.5 Å². The Morgan fingerprint density at radius 3 is 2.87 bits per heavy atom. The van der Waals surface area contributed by atoms with Gasteiger partial charge < -0.3 is 20.1 Å². The largest absolute Gasteiger partial charge is 0.461 e. The molecule has 7 nitrogen and oxygen atoms in total. The van der Waals surface area contributed by atoms with Crippen molar-refractivity contribution in [1.82, 2.24) is 9.97 Å². The highest BCUT2D eigenvalue weighted by Crippen LogP contribution is 2.40. The van der Waals surface area contributed by atoms with Gasteiger partial charge in [0, 0.05) is 12.1 Å². The molecule has 0 atom stereocenters. The minimum absolute atomic E-state index is 0.254. The number of fused-ring (bicyclic) bond motifs is 1. The van der Waals surface area contributed by atoms with Crippen molar-refractivity contribution in [1.29, 1.82) is 0 Å². The van der Waals surface area contributed by atoms with Gasteiger partial charge in [-0.25, -0.2) is 4.98 Å². The van der Waals surface area contributed by atoms with Gasteiger partial charge in [-0.3, -0.25) is 4.99 Å². The van der Waals surface area contributed by atoms with Gasteiger partial charge in [0.1, 0.15) is 18.1 Å². The molecule has 1 aliphatic heterocycles. The van der Waals surface area contributed by atoms with E-state index >= 15 is 0 Å². The predicted molar refractivity (Wildman–Crippen MR) is 120 cm³/mol. The average Bonchev–Trinajstić information content (AvgIpc) is 2.75. The molecule has 1 fully saturated rings. The monoisotopic (exact) mass is 429 g/mol. The average molecular weight is 430 g/mol. The molecular formula is C22H28ClN5O2. The lowest BCUT2D eigenvalue weighted by atomic mass is 9.75. The molecule has 0 bridgehead atoms. The number of aromatic nitrogens is 2. The van der Waals surface area contributed by atoms with Crippen LogP contribution >= 0.6 is 11.6 Å². The highest BCUT2D eigenvalue weighted by molar-refractivity contribution is 6.30. The topological polar surface area (TPSA) is 80.7 Å².